The van der Waals surface area contributed by atoms with Crippen LogP contribution in [0, 0.1) is 0 Å². The largest absolute Gasteiger partial charge is 0.469 e. The van der Waals surface area contributed by atoms with Crippen LogP contribution in [-0.2, 0) is 14.9 Å². The summed E-state index contributed by atoms with van der Waals surface area (Å²) in [5.74, 6) is 0.713. The maximum Gasteiger partial charge on any atom is 0.305 e. The predicted octanol–water partition coefficient (Wildman–Crippen LogP) is 3.25. The van der Waals surface area contributed by atoms with Crippen LogP contribution in [-0.4, -0.2) is 38.7 Å². The molecule has 0 spiro atoms. The number of hydrogen-bond acceptors (Lipinski definition) is 3. The van der Waals surface area contributed by atoms with Gasteiger partial charge in [-0.05, 0) is 25.3 Å². The van der Waals surface area contributed by atoms with Gasteiger partial charge in [0.05, 0.1) is 13.7 Å². The van der Waals surface area contributed by atoms with Crippen LogP contribution in [0.5, 0.6) is 0 Å². The Hall–Kier alpha value is -2.04. The van der Waals surface area contributed by atoms with Crippen LogP contribution in [0.4, 0.5) is 0 Å². The number of nitrogens with one attached hydrogen (secondary N) is 2. The van der Waals surface area contributed by atoms with Crippen LogP contribution in [0.3, 0.4) is 0 Å². The Bertz CT molecular complexity index is 527. The lowest BCUT2D eigenvalue weighted by molar-refractivity contribution is -0.140. The minimum atomic E-state index is -0.133. The number of carbonyl (C=O) groups excluding carboxylic acids is 1. The number of aliphatic imine (C=N–C) groups is 1. The molecule has 0 saturated heterocycles. The van der Waals surface area contributed by atoms with Gasteiger partial charge >= 0.3 is 5.97 Å². The van der Waals surface area contributed by atoms with Crippen molar-refractivity contribution < 1.29 is 9.53 Å². The second-order valence-electron chi connectivity index (χ2n) is 6.76. The molecule has 0 atom stereocenters. The standard InChI is InChI=1S/C20H33N3O2/c1-5-21-19(22-15-11-7-10-14-18(24)25-4)23-16-20(2,3)17-12-8-6-9-13-17/h6,8-9,12-13H,5,7,10-11,14-16H2,1-4H3,(H2,21,22,23). The van der Waals surface area contributed by atoms with E-state index in [0.717, 1.165) is 38.3 Å². The summed E-state index contributed by atoms with van der Waals surface area (Å²) in [6.07, 6.45) is 3.36. The van der Waals surface area contributed by atoms with Crippen molar-refractivity contribution in [2.75, 3.05) is 26.7 Å². The third-order valence-corrected chi connectivity index (χ3v) is 4.11. The van der Waals surface area contributed by atoms with Gasteiger partial charge in [0.15, 0.2) is 5.96 Å². The molecule has 0 radical (unpaired) electrons. The third-order valence-electron chi connectivity index (χ3n) is 4.11. The van der Waals surface area contributed by atoms with E-state index in [1.807, 2.05) is 6.07 Å². The summed E-state index contributed by atoms with van der Waals surface area (Å²) in [5, 5.41) is 6.66. The van der Waals surface area contributed by atoms with Gasteiger partial charge < -0.3 is 15.4 Å². The molecule has 5 heteroatoms. The monoisotopic (exact) mass is 347 g/mol. The molecule has 0 heterocycles. The topological polar surface area (TPSA) is 62.7 Å². The number of unbranched alkanes of at least 4 members (excludes halogenated alkanes) is 2. The molecule has 0 aliphatic heterocycles. The highest BCUT2D eigenvalue weighted by Gasteiger charge is 2.19. The number of carbonyl (C=O) groups is 1. The zero-order valence-corrected chi connectivity index (χ0v) is 16.1. The first-order valence-corrected chi connectivity index (χ1v) is 9.14. The predicted molar refractivity (Wildman–Crippen MR) is 104 cm³/mol. The minimum Gasteiger partial charge on any atom is -0.469 e. The van der Waals surface area contributed by atoms with Crippen molar-refractivity contribution in [1.29, 1.82) is 0 Å². The van der Waals surface area contributed by atoms with E-state index >= 15 is 0 Å². The molecule has 25 heavy (non-hydrogen) atoms. The number of benzene rings is 1. The van der Waals surface area contributed by atoms with E-state index in [1.165, 1.54) is 12.7 Å². The lowest BCUT2D eigenvalue weighted by atomic mass is 9.85. The molecule has 0 aromatic heterocycles. The maximum absolute atomic E-state index is 11.1. The average molecular weight is 348 g/mol. The normalized spacial score (nSPS) is 11.9. The van der Waals surface area contributed by atoms with Crippen molar-refractivity contribution in [1.82, 2.24) is 10.6 Å². The summed E-state index contributed by atoms with van der Waals surface area (Å²) in [4.78, 5) is 15.8. The molecule has 1 aromatic rings. The van der Waals surface area contributed by atoms with Crippen LogP contribution < -0.4 is 10.6 Å². The van der Waals surface area contributed by atoms with Crippen LogP contribution in [0.15, 0.2) is 35.3 Å². The molecule has 0 saturated carbocycles. The summed E-state index contributed by atoms with van der Waals surface area (Å²) in [7, 11) is 1.43. The Labute approximate surface area is 152 Å². The molecule has 1 rings (SSSR count). The minimum absolute atomic E-state index is 0.00980. The fourth-order valence-corrected chi connectivity index (χ4v) is 2.48. The molecule has 0 amide bonds. The number of rotatable bonds is 10. The maximum atomic E-state index is 11.1. The second kappa shape index (κ2) is 11.5. The number of nitrogens with zero attached hydrogens (tertiary/aromatic N) is 1. The first-order valence-electron chi connectivity index (χ1n) is 9.14. The van der Waals surface area contributed by atoms with Crippen LogP contribution >= 0.6 is 0 Å². The summed E-state index contributed by atoms with van der Waals surface area (Å²) in [6.45, 7) is 8.88. The van der Waals surface area contributed by atoms with Crippen molar-refractivity contribution in [2.45, 2.75) is 51.9 Å². The van der Waals surface area contributed by atoms with E-state index in [4.69, 9.17) is 4.99 Å². The fourth-order valence-electron chi connectivity index (χ4n) is 2.48. The van der Waals surface area contributed by atoms with Crippen molar-refractivity contribution in [3.63, 3.8) is 0 Å². The van der Waals surface area contributed by atoms with Gasteiger partial charge in [-0.25, -0.2) is 0 Å². The van der Waals surface area contributed by atoms with Gasteiger partial charge in [0.25, 0.3) is 0 Å². The van der Waals surface area contributed by atoms with Crippen LogP contribution in [0.25, 0.3) is 0 Å². The van der Waals surface area contributed by atoms with E-state index in [-0.39, 0.29) is 11.4 Å². The molecule has 0 unspecified atom stereocenters. The highest BCUT2D eigenvalue weighted by molar-refractivity contribution is 5.79. The Morgan fingerprint density at radius 1 is 1.12 bits per heavy atom. The molecule has 0 bridgehead atoms. The Morgan fingerprint density at radius 3 is 2.48 bits per heavy atom. The third kappa shape index (κ3) is 8.57. The van der Waals surface area contributed by atoms with Crippen molar-refractivity contribution in [3.05, 3.63) is 35.9 Å². The highest BCUT2D eigenvalue weighted by Crippen LogP contribution is 2.22. The van der Waals surface area contributed by atoms with E-state index in [9.17, 15) is 4.79 Å². The molecule has 2 N–H and O–H groups in total. The quantitative estimate of drug-likeness (QED) is 0.295. The first-order chi connectivity index (χ1) is 12.0. The van der Waals surface area contributed by atoms with Crippen molar-refractivity contribution >= 4 is 11.9 Å². The Morgan fingerprint density at radius 2 is 1.84 bits per heavy atom. The van der Waals surface area contributed by atoms with E-state index in [0.29, 0.717) is 13.0 Å². The number of hydrogen-bond donors (Lipinski definition) is 2. The summed E-state index contributed by atoms with van der Waals surface area (Å²) >= 11 is 0. The zero-order chi connectivity index (χ0) is 18.5. The van der Waals surface area contributed by atoms with Gasteiger partial charge in [0, 0.05) is 24.9 Å². The molecule has 1 aromatic carbocycles. The number of guanidine groups is 1. The van der Waals surface area contributed by atoms with Gasteiger partial charge in [0.2, 0.25) is 0 Å². The second-order valence-corrected chi connectivity index (χ2v) is 6.76. The van der Waals surface area contributed by atoms with E-state index < -0.39 is 0 Å². The Kier molecular flexibility index (Phi) is 9.66. The molecule has 5 nitrogen and oxygen atoms in total. The fraction of sp³-hybridized carbons (Fsp3) is 0.600. The highest BCUT2D eigenvalue weighted by atomic mass is 16.5. The van der Waals surface area contributed by atoms with Gasteiger partial charge in [-0.15, -0.1) is 0 Å². The van der Waals surface area contributed by atoms with E-state index in [1.54, 1.807) is 0 Å². The summed E-state index contributed by atoms with van der Waals surface area (Å²) in [5.41, 5.74) is 1.28. The Balaban J connectivity index is 2.42. The van der Waals surface area contributed by atoms with Crippen molar-refractivity contribution in [3.8, 4) is 0 Å². The van der Waals surface area contributed by atoms with Crippen LogP contribution in [0.2, 0.25) is 0 Å². The molecule has 0 aliphatic carbocycles. The lowest BCUT2D eigenvalue weighted by Crippen LogP contribution is -2.39. The number of methoxy groups -OCH3 is 1. The van der Waals surface area contributed by atoms with Crippen LogP contribution in [0.1, 0.15) is 52.0 Å². The van der Waals surface area contributed by atoms with E-state index in [2.05, 4.69) is 60.4 Å². The molecular formula is C20H33N3O2. The van der Waals surface area contributed by atoms with Gasteiger partial charge in [-0.2, -0.15) is 0 Å². The number of esters is 1. The molecule has 140 valence electrons. The van der Waals surface area contributed by atoms with Gasteiger partial charge in [0.1, 0.15) is 0 Å². The van der Waals surface area contributed by atoms with Gasteiger partial charge in [-0.3, -0.25) is 9.79 Å². The molecular weight excluding hydrogens is 314 g/mol. The first kappa shape index (κ1) is 21.0. The smallest absolute Gasteiger partial charge is 0.305 e. The average Bonchev–Trinajstić information content (AvgIpc) is 2.62. The summed E-state index contributed by atoms with van der Waals surface area (Å²) in [6, 6.07) is 10.5. The molecule has 0 aliphatic rings. The summed E-state index contributed by atoms with van der Waals surface area (Å²) < 4.78 is 4.64. The lowest BCUT2D eigenvalue weighted by Gasteiger charge is -2.24. The molecule has 0 fully saturated rings. The zero-order valence-electron chi connectivity index (χ0n) is 16.1. The van der Waals surface area contributed by atoms with Gasteiger partial charge in [-0.1, -0.05) is 50.6 Å². The number of ether oxygens (including phenoxy) is 1. The SMILES string of the molecule is CCNC(=NCC(C)(C)c1ccccc1)NCCCCCC(=O)OC. The van der Waals surface area contributed by atoms with Crippen molar-refractivity contribution in [2.24, 2.45) is 4.99 Å².